The molecule has 9 heteroatoms. The number of carbonyl (C=O) groups is 1. The Morgan fingerprint density at radius 1 is 1.25 bits per heavy atom. The first-order valence-corrected chi connectivity index (χ1v) is 11.7. The average Bonchev–Trinajstić information content (AvgIpc) is 3.24. The fourth-order valence-electron chi connectivity index (χ4n) is 4.11. The van der Waals surface area contributed by atoms with Crippen molar-refractivity contribution in [3.05, 3.63) is 67.5 Å². The molecule has 0 fully saturated rings. The zero-order valence-corrected chi connectivity index (χ0v) is 21.1. The van der Waals surface area contributed by atoms with Crippen LogP contribution in [0.4, 0.5) is 23.0 Å². The van der Waals surface area contributed by atoms with Crippen molar-refractivity contribution in [2.24, 2.45) is 7.05 Å². The topological polar surface area (TPSA) is 101 Å². The van der Waals surface area contributed by atoms with Crippen LogP contribution in [-0.2, 0) is 11.8 Å². The van der Waals surface area contributed by atoms with Gasteiger partial charge in [0.2, 0.25) is 11.9 Å². The minimum absolute atomic E-state index is 0.294. The lowest BCUT2D eigenvalue weighted by atomic mass is 10.1. The standard InChI is InChI=1S/C27H31N7O2/c1-6-26(35)30-21-15-22(25(36-5)16-24(21)33(3)14-13-28-2)32-27-29-12-11-20(31-27)19-17-34(4)23-10-8-7-9-18(19)23/h6-12,15-17,28H,1,13-14H2,2-5H3,(H,30,35)(H,29,31,32)/p+1. The van der Waals surface area contributed by atoms with Gasteiger partial charge in [-0.2, -0.15) is 0 Å². The predicted molar refractivity (Wildman–Crippen MR) is 145 cm³/mol. The van der Waals surface area contributed by atoms with E-state index < -0.39 is 0 Å². The monoisotopic (exact) mass is 486 g/mol. The number of hydrogen-bond acceptors (Lipinski definition) is 6. The number of benzene rings is 2. The van der Waals surface area contributed by atoms with Gasteiger partial charge in [-0.25, -0.2) is 9.97 Å². The van der Waals surface area contributed by atoms with E-state index in [1.807, 2.05) is 51.5 Å². The summed E-state index contributed by atoms with van der Waals surface area (Å²) in [6, 6.07) is 13.8. The van der Waals surface area contributed by atoms with E-state index >= 15 is 0 Å². The second-order valence-corrected chi connectivity index (χ2v) is 8.44. The number of carbonyl (C=O) groups excluding carboxylic acids is 1. The number of para-hydroxylation sites is 1. The molecule has 0 spiro atoms. The fourth-order valence-corrected chi connectivity index (χ4v) is 4.11. The molecule has 0 aliphatic rings. The highest BCUT2D eigenvalue weighted by molar-refractivity contribution is 6.02. The van der Waals surface area contributed by atoms with Crippen molar-refractivity contribution < 1.29 is 14.8 Å². The normalized spacial score (nSPS) is 10.8. The number of aromatic nitrogens is 3. The van der Waals surface area contributed by atoms with Gasteiger partial charge in [0.05, 0.1) is 50.0 Å². The highest BCUT2D eigenvalue weighted by Crippen LogP contribution is 2.38. The number of ether oxygens (including phenoxy) is 1. The van der Waals surface area contributed by atoms with Gasteiger partial charge in [0.1, 0.15) is 5.75 Å². The Balaban J connectivity index is 1.72. The van der Waals surface area contributed by atoms with Crippen LogP contribution in [0.1, 0.15) is 0 Å². The molecule has 0 radical (unpaired) electrons. The average molecular weight is 487 g/mol. The summed E-state index contributed by atoms with van der Waals surface area (Å²) in [6.45, 7) is 5.27. The van der Waals surface area contributed by atoms with Crippen molar-refractivity contribution in [3.8, 4) is 17.0 Å². The van der Waals surface area contributed by atoms with Crippen molar-refractivity contribution in [2.75, 3.05) is 49.8 Å². The lowest BCUT2D eigenvalue weighted by molar-refractivity contribution is -0.624. The summed E-state index contributed by atoms with van der Waals surface area (Å²) >= 11 is 0. The van der Waals surface area contributed by atoms with Gasteiger partial charge < -0.3 is 30.2 Å². The van der Waals surface area contributed by atoms with E-state index in [9.17, 15) is 4.79 Å². The summed E-state index contributed by atoms with van der Waals surface area (Å²) in [4.78, 5) is 23.4. The van der Waals surface area contributed by atoms with Crippen molar-refractivity contribution in [3.63, 3.8) is 0 Å². The van der Waals surface area contributed by atoms with Gasteiger partial charge in [-0.1, -0.05) is 24.8 Å². The Kier molecular flexibility index (Phi) is 7.50. The van der Waals surface area contributed by atoms with Crippen molar-refractivity contribution in [2.45, 2.75) is 0 Å². The van der Waals surface area contributed by atoms with Gasteiger partial charge in [0, 0.05) is 49.0 Å². The maximum absolute atomic E-state index is 12.2. The number of nitrogens with zero attached hydrogens (tertiary/aromatic N) is 4. The van der Waals surface area contributed by atoms with E-state index in [1.165, 1.54) is 6.08 Å². The molecular weight excluding hydrogens is 454 g/mol. The van der Waals surface area contributed by atoms with Crippen molar-refractivity contribution in [1.82, 2.24) is 14.5 Å². The van der Waals surface area contributed by atoms with Crippen LogP contribution in [0.25, 0.3) is 22.2 Å². The molecule has 0 bridgehead atoms. The van der Waals surface area contributed by atoms with E-state index in [0.29, 0.717) is 23.1 Å². The first-order valence-electron chi connectivity index (χ1n) is 11.7. The molecule has 0 saturated heterocycles. The van der Waals surface area contributed by atoms with Crippen LogP contribution < -0.4 is 25.6 Å². The van der Waals surface area contributed by atoms with Gasteiger partial charge in [-0.15, -0.1) is 0 Å². The summed E-state index contributed by atoms with van der Waals surface area (Å²) < 4.78 is 7.77. The lowest BCUT2D eigenvalue weighted by Gasteiger charge is -2.24. The highest BCUT2D eigenvalue weighted by Gasteiger charge is 2.17. The Morgan fingerprint density at radius 3 is 2.81 bits per heavy atom. The number of hydrogen-bond donors (Lipinski definition) is 3. The van der Waals surface area contributed by atoms with Crippen LogP contribution in [0.5, 0.6) is 5.75 Å². The van der Waals surface area contributed by atoms with Crippen molar-refractivity contribution >= 4 is 39.8 Å². The number of quaternary nitrogens is 1. The Hall–Kier alpha value is -4.37. The SMILES string of the molecule is C=CC(=O)Nc1cc(Nc2nccc(-c3cn(C)c4ccccc34)n2)c(OC)cc1N(C)CC[NH2+]C. The molecule has 2 aromatic carbocycles. The number of methoxy groups -OCH3 is 1. The molecule has 4 aromatic rings. The summed E-state index contributed by atoms with van der Waals surface area (Å²) in [5.74, 6) is 0.728. The number of aryl methyl sites for hydroxylation is 1. The lowest BCUT2D eigenvalue weighted by Crippen LogP contribution is -2.81. The van der Waals surface area contributed by atoms with E-state index in [1.54, 1.807) is 13.3 Å². The second-order valence-electron chi connectivity index (χ2n) is 8.44. The van der Waals surface area contributed by atoms with Gasteiger partial charge in [-0.05, 0) is 24.3 Å². The smallest absolute Gasteiger partial charge is 0.247 e. The van der Waals surface area contributed by atoms with Crippen molar-refractivity contribution in [1.29, 1.82) is 0 Å². The predicted octanol–water partition coefficient (Wildman–Crippen LogP) is 3.14. The first-order chi connectivity index (χ1) is 17.4. The summed E-state index contributed by atoms with van der Waals surface area (Å²) in [5.41, 5.74) is 5.05. The number of nitrogens with two attached hydrogens (primary N) is 1. The van der Waals surface area contributed by atoms with Crippen LogP contribution in [0.3, 0.4) is 0 Å². The van der Waals surface area contributed by atoms with Crippen LogP contribution in [0.2, 0.25) is 0 Å². The minimum Gasteiger partial charge on any atom is -0.494 e. The zero-order chi connectivity index (χ0) is 25.7. The molecule has 0 saturated carbocycles. The Bertz CT molecular complexity index is 1400. The number of nitrogens with one attached hydrogen (secondary N) is 2. The molecule has 2 heterocycles. The highest BCUT2D eigenvalue weighted by atomic mass is 16.5. The third-order valence-corrected chi connectivity index (χ3v) is 6.00. The third kappa shape index (κ3) is 5.16. The molecule has 4 rings (SSSR count). The maximum atomic E-state index is 12.2. The number of fused-ring (bicyclic) bond motifs is 1. The largest absolute Gasteiger partial charge is 0.494 e. The number of amides is 1. The van der Waals surface area contributed by atoms with Gasteiger partial charge in [0.15, 0.2) is 0 Å². The van der Waals surface area contributed by atoms with Crippen LogP contribution >= 0.6 is 0 Å². The fraction of sp³-hybridized carbons (Fsp3) is 0.222. The van der Waals surface area contributed by atoms with E-state index in [0.717, 1.165) is 40.9 Å². The molecule has 1 amide bonds. The van der Waals surface area contributed by atoms with Crippen LogP contribution in [0, 0.1) is 0 Å². The number of likely N-dealkylation sites (N-methyl/N-ethyl adjacent to an activating group) is 2. The first kappa shape index (κ1) is 24.7. The second kappa shape index (κ2) is 10.9. The molecule has 0 aliphatic heterocycles. The molecule has 0 atom stereocenters. The molecule has 36 heavy (non-hydrogen) atoms. The van der Waals surface area contributed by atoms with E-state index in [-0.39, 0.29) is 5.91 Å². The summed E-state index contributed by atoms with van der Waals surface area (Å²) in [5, 5.41) is 9.40. The molecule has 0 unspecified atom stereocenters. The van der Waals surface area contributed by atoms with Crippen LogP contribution in [0.15, 0.2) is 67.5 Å². The number of anilines is 4. The third-order valence-electron chi connectivity index (χ3n) is 6.00. The molecular formula is C27H32N7O2+. The molecule has 0 aliphatic carbocycles. The Labute approximate surface area is 210 Å². The Morgan fingerprint density at radius 2 is 2.06 bits per heavy atom. The molecule has 4 N–H and O–H groups in total. The summed E-state index contributed by atoms with van der Waals surface area (Å²) in [7, 11) is 7.63. The van der Waals surface area contributed by atoms with Gasteiger partial charge in [-0.3, -0.25) is 4.79 Å². The van der Waals surface area contributed by atoms with E-state index in [4.69, 9.17) is 9.72 Å². The summed E-state index contributed by atoms with van der Waals surface area (Å²) in [6.07, 6.45) is 5.04. The minimum atomic E-state index is -0.294. The maximum Gasteiger partial charge on any atom is 0.247 e. The van der Waals surface area contributed by atoms with Crippen LogP contribution in [-0.4, -0.2) is 54.7 Å². The quantitative estimate of drug-likeness (QED) is 0.298. The zero-order valence-electron chi connectivity index (χ0n) is 21.1. The number of rotatable bonds is 10. The molecule has 2 aromatic heterocycles. The van der Waals surface area contributed by atoms with E-state index in [2.05, 4.69) is 55.3 Å². The van der Waals surface area contributed by atoms with Gasteiger partial charge >= 0.3 is 0 Å². The molecule has 9 nitrogen and oxygen atoms in total. The molecule has 186 valence electrons. The van der Waals surface area contributed by atoms with Gasteiger partial charge in [0.25, 0.3) is 0 Å².